The maximum atomic E-state index is 5.87. The maximum absolute atomic E-state index is 5.87. The van der Waals surface area contributed by atoms with E-state index in [0.717, 1.165) is 36.5 Å². The lowest BCUT2D eigenvalue weighted by molar-refractivity contribution is 0.574. The quantitative estimate of drug-likeness (QED) is 0.816. The molecule has 0 fully saturated rings. The molecular weight excluding hydrogens is 230 g/mol. The van der Waals surface area contributed by atoms with Crippen LogP contribution in [0, 0.1) is 6.92 Å². The lowest BCUT2D eigenvalue weighted by Crippen LogP contribution is -2.32. The first-order valence-electron chi connectivity index (χ1n) is 6.08. The largest absolute Gasteiger partial charge is 0.398 e. The highest BCUT2D eigenvalue weighted by atomic mass is 32.2. The topological polar surface area (TPSA) is 50.9 Å². The Morgan fingerprint density at radius 1 is 1.41 bits per heavy atom. The normalized spacial score (nSPS) is 11.5. The van der Waals surface area contributed by atoms with E-state index in [2.05, 4.69) is 30.4 Å². The fourth-order valence-corrected chi connectivity index (χ4v) is 2.54. The molecule has 1 aromatic heterocycles. The highest BCUT2D eigenvalue weighted by Crippen LogP contribution is 2.30. The SMILES string of the molecule is CCC(CC)(CNc1cc(N)c(C)cn1)SC. The van der Waals surface area contributed by atoms with Gasteiger partial charge in [0, 0.05) is 29.2 Å². The van der Waals surface area contributed by atoms with E-state index in [1.807, 2.05) is 30.9 Å². The van der Waals surface area contributed by atoms with Crippen LogP contribution in [0.5, 0.6) is 0 Å². The van der Waals surface area contributed by atoms with Crippen LogP contribution >= 0.6 is 11.8 Å². The molecule has 4 heteroatoms. The number of pyridine rings is 1. The Kier molecular flexibility index (Phi) is 5.12. The molecule has 0 amide bonds. The summed E-state index contributed by atoms with van der Waals surface area (Å²) in [6, 6.07) is 1.91. The van der Waals surface area contributed by atoms with Crippen molar-refractivity contribution in [2.45, 2.75) is 38.4 Å². The van der Waals surface area contributed by atoms with Crippen LogP contribution in [0.3, 0.4) is 0 Å². The fraction of sp³-hybridized carbons (Fsp3) is 0.615. The number of nitrogen functional groups attached to an aromatic ring is 1. The van der Waals surface area contributed by atoms with Crippen molar-refractivity contribution in [3.63, 3.8) is 0 Å². The van der Waals surface area contributed by atoms with E-state index in [-0.39, 0.29) is 0 Å². The monoisotopic (exact) mass is 253 g/mol. The van der Waals surface area contributed by atoms with Crippen molar-refractivity contribution < 1.29 is 0 Å². The van der Waals surface area contributed by atoms with Crippen molar-refractivity contribution >= 4 is 23.3 Å². The number of nitrogens with zero attached hydrogens (tertiary/aromatic N) is 1. The highest BCUT2D eigenvalue weighted by molar-refractivity contribution is 8.00. The lowest BCUT2D eigenvalue weighted by Gasteiger charge is -2.30. The van der Waals surface area contributed by atoms with Crippen molar-refractivity contribution in [2.75, 3.05) is 23.9 Å². The summed E-state index contributed by atoms with van der Waals surface area (Å²) >= 11 is 1.92. The van der Waals surface area contributed by atoms with Crippen LogP contribution in [-0.4, -0.2) is 22.5 Å². The van der Waals surface area contributed by atoms with Gasteiger partial charge in [-0.05, 0) is 31.6 Å². The zero-order valence-corrected chi connectivity index (χ0v) is 12.0. The number of rotatable bonds is 6. The van der Waals surface area contributed by atoms with Crippen LogP contribution in [0.2, 0.25) is 0 Å². The fourth-order valence-electron chi connectivity index (χ4n) is 1.75. The molecule has 0 bridgehead atoms. The van der Waals surface area contributed by atoms with Gasteiger partial charge in [-0.2, -0.15) is 11.8 Å². The third-order valence-electron chi connectivity index (χ3n) is 3.46. The summed E-state index contributed by atoms with van der Waals surface area (Å²) in [7, 11) is 0. The van der Waals surface area contributed by atoms with Gasteiger partial charge in [-0.25, -0.2) is 4.98 Å². The molecule has 3 N–H and O–H groups in total. The van der Waals surface area contributed by atoms with Crippen molar-refractivity contribution in [1.29, 1.82) is 0 Å². The van der Waals surface area contributed by atoms with Crippen LogP contribution in [0.4, 0.5) is 11.5 Å². The first-order valence-corrected chi connectivity index (χ1v) is 7.30. The van der Waals surface area contributed by atoms with E-state index >= 15 is 0 Å². The molecule has 0 aliphatic carbocycles. The number of aromatic nitrogens is 1. The second-order valence-electron chi connectivity index (χ2n) is 4.37. The second kappa shape index (κ2) is 6.15. The van der Waals surface area contributed by atoms with Crippen molar-refractivity contribution in [3.8, 4) is 0 Å². The second-order valence-corrected chi connectivity index (χ2v) is 5.65. The van der Waals surface area contributed by atoms with Crippen LogP contribution in [0.1, 0.15) is 32.3 Å². The van der Waals surface area contributed by atoms with E-state index in [1.165, 1.54) is 0 Å². The minimum absolute atomic E-state index is 0.293. The molecule has 1 heterocycles. The molecule has 0 spiro atoms. The van der Waals surface area contributed by atoms with Crippen LogP contribution < -0.4 is 11.1 Å². The minimum Gasteiger partial charge on any atom is -0.398 e. The Morgan fingerprint density at radius 3 is 2.53 bits per heavy atom. The predicted molar refractivity (Wildman–Crippen MR) is 78.7 cm³/mol. The minimum atomic E-state index is 0.293. The Morgan fingerprint density at radius 2 is 2.06 bits per heavy atom. The summed E-state index contributed by atoms with van der Waals surface area (Å²) in [4.78, 5) is 4.34. The standard InChI is InChI=1S/C13H23N3S/c1-5-13(6-2,17-4)9-16-12-7-11(14)10(3)8-15-12/h7-8H,5-6,9H2,1-4H3,(H3,14,15,16). The van der Waals surface area contributed by atoms with Gasteiger partial charge in [0.15, 0.2) is 0 Å². The van der Waals surface area contributed by atoms with E-state index in [1.54, 1.807) is 0 Å². The molecule has 0 atom stereocenters. The smallest absolute Gasteiger partial charge is 0.128 e. The summed E-state index contributed by atoms with van der Waals surface area (Å²) in [5, 5.41) is 3.39. The number of aryl methyl sites for hydroxylation is 1. The summed E-state index contributed by atoms with van der Waals surface area (Å²) in [5.41, 5.74) is 7.69. The van der Waals surface area contributed by atoms with E-state index in [4.69, 9.17) is 5.73 Å². The number of hydrogen-bond donors (Lipinski definition) is 2. The predicted octanol–water partition coefficient (Wildman–Crippen LogP) is 3.31. The molecule has 1 rings (SSSR count). The number of nitrogens with two attached hydrogens (primary N) is 1. The van der Waals surface area contributed by atoms with Gasteiger partial charge in [0.1, 0.15) is 5.82 Å². The summed E-state index contributed by atoms with van der Waals surface area (Å²) in [6.45, 7) is 7.37. The third kappa shape index (κ3) is 3.53. The molecule has 0 radical (unpaired) electrons. The molecule has 3 nitrogen and oxygen atoms in total. The first kappa shape index (κ1) is 14.2. The highest BCUT2D eigenvalue weighted by Gasteiger charge is 2.24. The molecule has 0 aliphatic rings. The van der Waals surface area contributed by atoms with Crippen LogP contribution in [0.25, 0.3) is 0 Å². The van der Waals surface area contributed by atoms with Gasteiger partial charge in [0.05, 0.1) is 0 Å². The molecule has 0 saturated heterocycles. The molecule has 0 unspecified atom stereocenters. The number of nitrogens with one attached hydrogen (secondary N) is 1. The van der Waals surface area contributed by atoms with Crippen LogP contribution in [-0.2, 0) is 0 Å². The van der Waals surface area contributed by atoms with Gasteiger partial charge in [-0.1, -0.05) is 13.8 Å². The molecule has 17 heavy (non-hydrogen) atoms. The number of anilines is 2. The van der Waals surface area contributed by atoms with E-state index in [0.29, 0.717) is 4.75 Å². The van der Waals surface area contributed by atoms with Gasteiger partial charge in [0.25, 0.3) is 0 Å². The van der Waals surface area contributed by atoms with E-state index in [9.17, 15) is 0 Å². The molecule has 0 aliphatic heterocycles. The third-order valence-corrected chi connectivity index (χ3v) is 5.05. The van der Waals surface area contributed by atoms with Crippen molar-refractivity contribution in [2.24, 2.45) is 0 Å². The molecule has 0 saturated carbocycles. The Balaban J connectivity index is 2.68. The van der Waals surface area contributed by atoms with Crippen LogP contribution in [0.15, 0.2) is 12.3 Å². The molecule has 96 valence electrons. The Bertz CT molecular complexity index is 353. The van der Waals surface area contributed by atoms with Gasteiger partial charge < -0.3 is 11.1 Å². The average molecular weight is 253 g/mol. The van der Waals surface area contributed by atoms with E-state index < -0.39 is 0 Å². The van der Waals surface area contributed by atoms with Crippen molar-refractivity contribution in [3.05, 3.63) is 17.8 Å². The summed E-state index contributed by atoms with van der Waals surface area (Å²) < 4.78 is 0.293. The molecule has 0 aromatic carbocycles. The molecular formula is C13H23N3S. The van der Waals surface area contributed by atoms with Gasteiger partial charge in [-0.3, -0.25) is 0 Å². The average Bonchev–Trinajstić information content (AvgIpc) is 2.36. The van der Waals surface area contributed by atoms with Gasteiger partial charge in [0.2, 0.25) is 0 Å². The molecule has 1 aromatic rings. The lowest BCUT2D eigenvalue weighted by atomic mass is 10.0. The first-order chi connectivity index (χ1) is 8.06. The maximum Gasteiger partial charge on any atom is 0.128 e. The zero-order valence-electron chi connectivity index (χ0n) is 11.2. The summed E-state index contributed by atoms with van der Waals surface area (Å²) in [6.07, 6.45) is 6.29. The summed E-state index contributed by atoms with van der Waals surface area (Å²) in [5.74, 6) is 0.869. The number of hydrogen-bond acceptors (Lipinski definition) is 4. The Labute approximate surface area is 109 Å². The zero-order chi connectivity index (χ0) is 12.9. The van der Waals surface area contributed by atoms with Gasteiger partial charge in [-0.15, -0.1) is 0 Å². The Hall–Kier alpha value is -0.900. The number of thioether (sulfide) groups is 1. The van der Waals surface area contributed by atoms with Crippen molar-refractivity contribution in [1.82, 2.24) is 4.98 Å². The van der Waals surface area contributed by atoms with Gasteiger partial charge >= 0.3 is 0 Å².